The van der Waals surface area contributed by atoms with Gasteiger partial charge in [-0.15, -0.1) is 0 Å². The van der Waals surface area contributed by atoms with E-state index in [0.29, 0.717) is 0 Å². The maximum atomic E-state index is 8.00. The molecule has 0 unspecified atom stereocenters. The fraction of sp³-hybridized carbons (Fsp3) is 0. The van der Waals surface area contributed by atoms with Crippen LogP contribution in [0.5, 0.6) is 0 Å². The van der Waals surface area contributed by atoms with Gasteiger partial charge in [-0.2, -0.15) is 0 Å². The number of hydrogen-bond acceptors (Lipinski definition) is 2. The number of carbonyl (C=O) groups excluding carboxylic acids is 1. The van der Waals surface area contributed by atoms with Crippen LogP contribution in [0.25, 0.3) is 0 Å². The predicted octanol–water partition coefficient (Wildman–Crippen LogP) is 6.31. The van der Waals surface area contributed by atoms with Gasteiger partial charge in [-0.05, 0) is 72.8 Å². The molecule has 0 atom stereocenters. The number of benzene rings is 6. The maximum Gasteiger partial charge on any atom is 0.106 e. The second kappa shape index (κ2) is 20.8. The van der Waals surface area contributed by atoms with Crippen molar-refractivity contribution in [3.05, 3.63) is 182 Å². The normalized spacial score (nSPS) is 9.49. The molecule has 6 rings (SSSR count). The van der Waals surface area contributed by atoms with Crippen LogP contribution < -0.4 is 31.8 Å². The van der Waals surface area contributed by atoms with Crippen LogP contribution in [0.15, 0.2) is 182 Å². The third-order valence-corrected chi connectivity index (χ3v) is 11.8. The molecule has 0 aliphatic rings. The van der Waals surface area contributed by atoms with E-state index >= 15 is 0 Å². The fourth-order valence-electron chi connectivity index (χ4n) is 4.63. The van der Waals surface area contributed by atoms with E-state index in [2.05, 4.69) is 189 Å². The number of carbonyl (C=O) groups is 1. The second-order valence-corrected chi connectivity index (χ2v) is 13.9. The molecule has 0 spiro atoms. The molecule has 215 valence electrons. The average molecular weight is 776 g/mol. The molecule has 0 aliphatic carbocycles. The Labute approximate surface area is 271 Å². The van der Waals surface area contributed by atoms with Crippen molar-refractivity contribution in [3.8, 4) is 6.57 Å². The van der Waals surface area contributed by atoms with Crippen molar-refractivity contribution in [2.75, 3.05) is 0 Å². The van der Waals surface area contributed by atoms with Gasteiger partial charge in [0.2, 0.25) is 0 Å². The van der Waals surface area contributed by atoms with E-state index in [1.54, 1.807) is 0 Å². The van der Waals surface area contributed by atoms with Gasteiger partial charge in [-0.3, -0.25) is 0 Å². The van der Waals surface area contributed by atoms with Crippen molar-refractivity contribution in [2.24, 2.45) is 0 Å². The SMILES string of the molecule is C#N.C=O.[Ir].c1ccc([PH+](c2ccccc2)c2ccccc2)cc1.c1ccc([PH+](c2ccccc2)c2ccccc2)cc1. The Kier molecular flexibility index (Phi) is 17.0. The molecule has 0 bridgehead atoms. The summed E-state index contributed by atoms with van der Waals surface area (Å²) in [6, 6.07) is 65.0. The Morgan fingerprint density at radius 3 is 0.558 bits per heavy atom. The summed E-state index contributed by atoms with van der Waals surface area (Å²) in [4.78, 5) is 8.00. The second-order valence-electron chi connectivity index (χ2n) is 8.95. The molecular weight excluding hydrogens is 741 g/mol. The largest absolute Gasteiger partial charge is 0.307 e. The fourth-order valence-corrected chi connectivity index (χ4v) is 9.78. The van der Waals surface area contributed by atoms with Gasteiger partial charge < -0.3 is 4.79 Å². The molecule has 1 radical (unpaired) electrons. The summed E-state index contributed by atoms with van der Waals surface area (Å²) in [5.41, 5.74) is 0. The van der Waals surface area contributed by atoms with Gasteiger partial charge in [0.1, 0.15) is 38.6 Å². The van der Waals surface area contributed by atoms with Gasteiger partial charge in [0, 0.05) is 26.7 Å². The maximum absolute atomic E-state index is 8.00. The summed E-state index contributed by atoms with van der Waals surface area (Å²) in [7, 11) is -1.75. The zero-order valence-corrected chi connectivity index (χ0v) is 28.2. The van der Waals surface area contributed by atoms with E-state index in [1.807, 2.05) is 6.79 Å². The molecule has 6 aromatic carbocycles. The van der Waals surface area contributed by atoms with Crippen LogP contribution in [0.3, 0.4) is 0 Å². The Morgan fingerprint density at radius 2 is 0.442 bits per heavy atom. The quantitative estimate of drug-likeness (QED) is 0.187. The monoisotopic (exact) mass is 776 g/mol. The first-order chi connectivity index (χ1) is 20.9. The van der Waals surface area contributed by atoms with Crippen LogP contribution in [-0.4, -0.2) is 6.79 Å². The van der Waals surface area contributed by atoms with Crippen LogP contribution in [0.1, 0.15) is 0 Å². The summed E-state index contributed by atoms with van der Waals surface area (Å²) >= 11 is 0. The average Bonchev–Trinajstić information content (AvgIpc) is 3.10. The van der Waals surface area contributed by atoms with Crippen molar-refractivity contribution in [1.82, 2.24) is 0 Å². The van der Waals surface area contributed by atoms with Gasteiger partial charge in [0.05, 0.1) is 15.8 Å². The number of hydrogen-bond donors (Lipinski definition) is 0. The predicted molar refractivity (Wildman–Crippen MR) is 187 cm³/mol. The Hall–Kier alpha value is -4.01. The van der Waals surface area contributed by atoms with Crippen LogP contribution in [0.2, 0.25) is 0 Å². The van der Waals surface area contributed by atoms with Crippen molar-refractivity contribution < 1.29 is 24.9 Å². The number of nitrogens with zero attached hydrogens (tertiary/aromatic N) is 1. The standard InChI is InChI=1S/2C18H15P.CHN.CH2O.Ir/c2*1-4-10-16(11-5-1)19(17-12-6-2-7-13-17)18-14-8-3-9-15-18;2*1-2;/h2*1-15H;1H;1H2;/p+2. The van der Waals surface area contributed by atoms with Crippen molar-refractivity contribution in [2.45, 2.75) is 0 Å². The number of rotatable bonds is 6. The zero-order valence-electron chi connectivity index (χ0n) is 23.8. The van der Waals surface area contributed by atoms with E-state index in [0.717, 1.165) is 0 Å². The summed E-state index contributed by atoms with van der Waals surface area (Å²) in [6.45, 7) is 5.50. The molecule has 0 saturated heterocycles. The van der Waals surface area contributed by atoms with Gasteiger partial charge in [-0.25, -0.2) is 5.26 Å². The molecule has 0 saturated carbocycles. The van der Waals surface area contributed by atoms with Gasteiger partial charge in [-0.1, -0.05) is 109 Å². The van der Waals surface area contributed by atoms with E-state index in [1.165, 1.54) is 31.8 Å². The van der Waals surface area contributed by atoms with Crippen LogP contribution >= 0.6 is 15.8 Å². The minimum atomic E-state index is -0.877. The first-order valence-corrected chi connectivity index (χ1v) is 16.5. The molecule has 0 aromatic heterocycles. The minimum absolute atomic E-state index is 0. The summed E-state index contributed by atoms with van der Waals surface area (Å²) in [6.07, 6.45) is 0. The van der Waals surface area contributed by atoms with E-state index in [-0.39, 0.29) is 20.1 Å². The molecule has 0 heterocycles. The van der Waals surface area contributed by atoms with Gasteiger partial charge >= 0.3 is 0 Å². The molecule has 43 heavy (non-hydrogen) atoms. The zero-order chi connectivity index (χ0) is 29.8. The topological polar surface area (TPSA) is 40.9 Å². The smallest absolute Gasteiger partial charge is 0.106 e. The number of nitriles is 1. The summed E-state index contributed by atoms with van der Waals surface area (Å²) in [5, 5.41) is 15.1. The molecular formula is C38H35IrNOP2+2. The summed E-state index contributed by atoms with van der Waals surface area (Å²) in [5.74, 6) is 0. The Bertz CT molecular complexity index is 1250. The van der Waals surface area contributed by atoms with Crippen molar-refractivity contribution in [3.63, 3.8) is 0 Å². The van der Waals surface area contributed by atoms with Gasteiger partial charge in [0.15, 0.2) is 0 Å². The van der Waals surface area contributed by atoms with E-state index < -0.39 is 15.8 Å². The Morgan fingerprint density at radius 1 is 0.326 bits per heavy atom. The molecule has 0 N–H and O–H groups in total. The molecule has 0 fully saturated rings. The third kappa shape index (κ3) is 10.6. The first-order valence-electron chi connectivity index (χ1n) is 13.5. The first kappa shape index (κ1) is 35.2. The minimum Gasteiger partial charge on any atom is -0.307 e. The molecule has 0 amide bonds. The molecule has 5 heteroatoms. The summed E-state index contributed by atoms with van der Waals surface area (Å²) < 4.78 is 0. The third-order valence-electron chi connectivity index (χ3n) is 6.37. The van der Waals surface area contributed by atoms with Crippen LogP contribution in [0.4, 0.5) is 0 Å². The Balaban J connectivity index is 0.000000264. The molecule has 0 aliphatic heterocycles. The molecule has 2 nitrogen and oxygen atoms in total. The van der Waals surface area contributed by atoms with Crippen molar-refractivity contribution in [1.29, 1.82) is 5.26 Å². The van der Waals surface area contributed by atoms with E-state index in [4.69, 9.17) is 10.1 Å². The molecule has 6 aromatic rings. The van der Waals surface area contributed by atoms with Crippen molar-refractivity contribution >= 4 is 54.5 Å². The van der Waals surface area contributed by atoms with Crippen LogP contribution in [-0.2, 0) is 24.9 Å². The van der Waals surface area contributed by atoms with Crippen LogP contribution in [0, 0.1) is 11.8 Å². The van der Waals surface area contributed by atoms with Gasteiger partial charge in [0.25, 0.3) is 0 Å². The van der Waals surface area contributed by atoms with E-state index in [9.17, 15) is 0 Å².